The van der Waals surface area contributed by atoms with Crippen LogP contribution < -0.4 is 5.32 Å². The summed E-state index contributed by atoms with van der Waals surface area (Å²) >= 11 is 0. The van der Waals surface area contributed by atoms with Crippen LogP contribution in [0.5, 0.6) is 0 Å². The van der Waals surface area contributed by atoms with Crippen molar-refractivity contribution in [2.24, 2.45) is 0 Å². The summed E-state index contributed by atoms with van der Waals surface area (Å²) < 4.78 is 2.15. The molecule has 2 aromatic heterocycles. The summed E-state index contributed by atoms with van der Waals surface area (Å²) in [7, 11) is 0. The third-order valence-electron chi connectivity index (χ3n) is 4.08. The van der Waals surface area contributed by atoms with E-state index >= 15 is 0 Å². The third-order valence-corrected chi connectivity index (χ3v) is 4.08. The SMILES string of the molecule is CC(NCc1ccn(C2CCCC2)n1)c1ccccn1. The zero-order valence-corrected chi connectivity index (χ0v) is 12.0. The molecule has 2 aromatic rings. The van der Waals surface area contributed by atoms with Crippen molar-refractivity contribution in [1.82, 2.24) is 20.1 Å². The third kappa shape index (κ3) is 3.07. The molecule has 1 fully saturated rings. The van der Waals surface area contributed by atoms with Crippen molar-refractivity contribution in [3.63, 3.8) is 0 Å². The highest BCUT2D eigenvalue weighted by molar-refractivity contribution is 5.08. The summed E-state index contributed by atoms with van der Waals surface area (Å²) in [6.45, 7) is 2.92. The molecule has 20 heavy (non-hydrogen) atoms. The summed E-state index contributed by atoms with van der Waals surface area (Å²) in [5.74, 6) is 0. The van der Waals surface area contributed by atoms with Crippen LogP contribution >= 0.6 is 0 Å². The van der Waals surface area contributed by atoms with Crippen molar-refractivity contribution in [3.8, 4) is 0 Å². The first-order valence-corrected chi connectivity index (χ1v) is 7.51. The lowest BCUT2D eigenvalue weighted by Crippen LogP contribution is -2.19. The summed E-state index contributed by atoms with van der Waals surface area (Å²) in [5.41, 5.74) is 2.18. The van der Waals surface area contributed by atoms with Crippen LogP contribution in [-0.2, 0) is 6.54 Å². The molecule has 106 valence electrons. The Kier molecular flexibility index (Phi) is 4.11. The monoisotopic (exact) mass is 270 g/mol. The standard InChI is InChI=1S/C16H22N4/c1-13(16-8-4-5-10-17-16)18-12-14-9-11-20(19-14)15-6-2-3-7-15/h4-5,8-11,13,15,18H,2-3,6-7,12H2,1H3. The van der Waals surface area contributed by atoms with Crippen LogP contribution in [0.4, 0.5) is 0 Å². The number of hydrogen-bond donors (Lipinski definition) is 1. The largest absolute Gasteiger partial charge is 0.303 e. The first-order valence-electron chi connectivity index (χ1n) is 7.51. The Labute approximate surface area is 120 Å². The van der Waals surface area contributed by atoms with Crippen molar-refractivity contribution >= 4 is 0 Å². The number of aromatic nitrogens is 3. The van der Waals surface area contributed by atoms with Crippen molar-refractivity contribution in [2.45, 2.75) is 51.2 Å². The minimum Gasteiger partial charge on any atom is -0.303 e. The molecule has 3 rings (SSSR count). The molecular formula is C16H22N4. The lowest BCUT2D eigenvalue weighted by molar-refractivity contribution is 0.458. The summed E-state index contributed by atoms with van der Waals surface area (Å²) in [5, 5.41) is 8.17. The Morgan fingerprint density at radius 1 is 1.30 bits per heavy atom. The molecule has 2 heterocycles. The molecule has 1 saturated carbocycles. The first kappa shape index (κ1) is 13.3. The highest BCUT2D eigenvalue weighted by Crippen LogP contribution is 2.28. The van der Waals surface area contributed by atoms with E-state index in [1.165, 1.54) is 25.7 Å². The van der Waals surface area contributed by atoms with Crippen LogP contribution in [0.15, 0.2) is 36.7 Å². The minimum atomic E-state index is 0.243. The molecule has 0 bridgehead atoms. The second kappa shape index (κ2) is 6.18. The van der Waals surface area contributed by atoms with Gasteiger partial charge in [0.2, 0.25) is 0 Å². The Morgan fingerprint density at radius 2 is 2.15 bits per heavy atom. The van der Waals surface area contributed by atoms with Gasteiger partial charge < -0.3 is 5.32 Å². The van der Waals surface area contributed by atoms with Gasteiger partial charge in [-0.15, -0.1) is 0 Å². The summed E-state index contributed by atoms with van der Waals surface area (Å²) in [6.07, 6.45) is 9.20. The minimum absolute atomic E-state index is 0.243. The zero-order valence-electron chi connectivity index (χ0n) is 12.0. The second-order valence-electron chi connectivity index (χ2n) is 5.58. The van der Waals surface area contributed by atoms with E-state index in [2.05, 4.69) is 40.2 Å². The molecule has 0 amide bonds. The smallest absolute Gasteiger partial charge is 0.0762 e. The Hall–Kier alpha value is -1.68. The fourth-order valence-electron chi connectivity index (χ4n) is 2.84. The maximum Gasteiger partial charge on any atom is 0.0762 e. The van der Waals surface area contributed by atoms with E-state index in [9.17, 15) is 0 Å². The lowest BCUT2D eigenvalue weighted by Gasteiger charge is -2.12. The van der Waals surface area contributed by atoms with E-state index < -0.39 is 0 Å². The number of pyridine rings is 1. The van der Waals surface area contributed by atoms with E-state index in [1.54, 1.807) is 0 Å². The van der Waals surface area contributed by atoms with Crippen LogP contribution in [0.2, 0.25) is 0 Å². The Balaban J connectivity index is 1.56. The van der Waals surface area contributed by atoms with E-state index in [0.29, 0.717) is 6.04 Å². The highest BCUT2D eigenvalue weighted by atomic mass is 15.3. The normalized spacial score (nSPS) is 17.4. The van der Waals surface area contributed by atoms with Gasteiger partial charge in [-0.05, 0) is 38.0 Å². The van der Waals surface area contributed by atoms with Gasteiger partial charge in [0, 0.05) is 25.0 Å². The first-order chi connectivity index (χ1) is 9.83. The predicted octanol–water partition coefficient (Wildman–Crippen LogP) is 3.24. The molecule has 0 radical (unpaired) electrons. The van der Waals surface area contributed by atoms with E-state index in [1.807, 2.05) is 18.3 Å². The van der Waals surface area contributed by atoms with E-state index in [0.717, 1.165) is 17.9 Å². The Bertz CT molecular complexity index is 528. The molecule has 0 saturated heterocycles. The maximum absolute atomic E-state index is 4.69. The van der Waals surface area contributed by atoms with Crippen LogP contribution in [0, 0.1) is 0 Å². The summed E-state index contributed by atoms with van der Waals surface area (Å²) in [6, 6.07) is 9.00. The molecule has 1 N–H and O–H groups in total. The van der Waals surface area contributed by atoms with Gasteiger partial charge in [0.15, 0.2) is 0 Å². The lowest BCUT2D eigenvalue weighted by atomic mass is 10.2. The number of hydrogen-bond acceptors (Lipinski definition) is 3. The van der Waals surface area contributed by atoms with Crippen molar-refractivity contribution < 1.29 is 0 Å². The molecular weight excluding hydrogens is 248 g/mol. The molecule has 4 nitrogen and oxygen atoms in total. The average molecular weight is 270 g/mol. The number of rotatable bonds is 5. The van der Waals surface area contributed by atoms with Gasteiger partial charge >= 0.3 is 0 Å². The quantitative estimate of drug-likeness (QED) is 0.907. The van der Waals surface area contributed by atoms with E-state index in [4.69, 9.17) is 5.10 Å². The molecule has 0 aliphatic heterocycles. The fourth-order valence-corrected chi connectivity index (χ4v) is 2.84. The van der Waals surface area contributed by atoms with Crippen molar-refractivity contribution in [2.75, 3.05) is 0 Å². The Morgan fingerprint density at radius 3 is 2.90 bits per heavy atom. The summed E-state index contributed by atoms with van der Waals surface area (Å²) in [4.78, 5) is 4.37. The van der Waals surface area contributed by atoms with Gasteiger partial charge in [-0.1, -0.05) is 18.9 Å². The van der Waals surface area contributed by atoms with Crippen LogP contribution in [-0.4, -0.2) is 14.8 Å². The van der Waals surface area contributed by atoms with Crippen LogP contribution in [0.25, 0.3) is 0 Å². The van der Waals surface area contributed by atoms with Crippen LogP contribution in [0.1, 0.15) is 56.1 Å². The predicted molar refractivity (Wildman–Crippen MR) is 79.2 cm³/mol. The van der Waals surface area contributed by atoms with Crippen LogP contribution in [0.3, 0.4) is 0 Å². The molecule has 1 aliphatic carbocycles. The zero-order chi connectivity index (χ0) is 13.8. The van der Waals surface area contributed by atoms with Gasteiger partial charge in [-0.25, -0.2) is 0 Å². The fraction of sp³-hybridized carbons (Fsp3) is 0.500. The second-order valence-corrected chi connectivity index (χ2v) is 5.58. The molecule has 0 spiro atoms. The molecule has 1 unspecified atom stereocenters. The highest BCUT2D eigenvalue weighted by Gasteiger charge is 2.17. The van der Waals surface area contributed by atoms with Crippen molar-refractivity contribution in [3.05, 3.63) is 48.0 Å². The van der Waals surface area contributed by atoms with E-state index in [-0.39, 0.29) is 6.04 Å². The molecule has 1 aliphatic rings. The molecule has 4 heteroatoms. The average Bonchev–Trinajstić information content (AvgIpc) is 3.16. The van der Waals surface area contributed by atoms with Gasteiger partial charge in [0.05, 0.1) is 17.4 Å². The van der Waals surface area contributed by atoms with Gasteiger partial charge in [-0.3, -0.25) is 9.67 Å². The molecule has 1 atom stereocenters. The number of nitrogens with one attached hydrogen (secondary N) is 1. The van der Waals surface area contributed by atoms with Gasteiger partial charge in [0.1, 0.15) is 0 Å². The molecule has 0 aromatic carbocycles. The number of nitrogens with zero attached hydrogens (tertiary/aromatic N) is 3. The van der Waals surface area contributed by atoms with Crippen molar-refractivity contribution in [1.29, 1.82) is 0 Å². The topological polar surface area (TPSA) is 42.7 Å². The maximum atomic E-state index is 4.69. The van der Waals surface area contributed by atoms with Gasteiger partial charge in [0.25, 0.3) is 0 Å². The van der Waals surface area contributed by atoms with Gasteiger partial charge in [-0.2, -0.15) is 5.10 Å².